The fraction of sp³-hybridized carbons (Fsp3) is 0.300. The van der Waals surface area contributed by atoms with Crippen molar-refractivity contribution in [1.29, 1.82) is 0 Å². The third-order valence-corrected chi connectivity index (χ3v) is 6.84. The highest BCUT2D eigenvalue weighted by Gasteiger charge is 2.41. The summed E-state index contributed by atoms with van der Waals surface area (Å²) in [5, 5.41) is 16.9. The van der Waals surface area contributed by atoms with Crippen LogP contribution in [0.15, 0.2) is 66.7 Å². The van der Waals surface area contributed by atoms with Gasteiger partial charge < -0.3 is 15.7 Å². The number of nitrogens with one attached hydrogen (secondary N) is 2. The number of imide groups is 1. The number of hydrogen-bond donors (Lipinski definition) is 3. The zero-order valence-corrected chi connectivity index (χ0v) is 21.8. The summed E-state index contributed by atoms with van der Waals surface area (Å²) in [6.45, 7) is 4.01. The highest BCUT2D eigenvalue weighted by atomic mass is 19.1. The van der Waals surface area contributed by atoms with Crippen molar-refractivity contribution in [3.63, 3.8) is 0 Å². The van der Waals surface area contributed by atoms with E-state index in [-0.39, 0.29) is 29.7 Å². The number of halogens is 2. The van der Waals surface area contributed by atoms with Gasteiger partial charge in [-0.3, -0.25) is 19.3 Å². The van der Waals surface area contributed by atoms with Crippen molar-refractivity contribution in [3.05, 3.63) is 106 Å². The Hall–Kier alpha value is -3.95. The van der Waals surface area contributed by atoms with Crippen LogP contribution in [0.1, 0.15) is 51.3 Å². The lowest BCUT2D eigenvalue weighted by molar-refractivity contribution is -0.126. The second-order valence-corrected chi connectivity index (χ2v) is 9.67. The monoisotopic (exact) mass is 535 g/mol. The zero-order chi connectivity index (χ0) is 28.1. The molecule has 3 aromatic rings. The smallest absolute Gasteiger partial charge is 0.262 e. The minimum Gasteiger partial charge on any atom is -0.390 e. The second-order valence-electron chi connectivity index (χ2n) is 9.67. The summed E-state index contributed by atoms with van der Waals surface area (Å²) in [7, 11) is 0. The summed E-state index contributed by atoms with van der Waals surface area (Å²) in [5.41, 5.74) is 2.86. The molecule has 7 nitrogen and oxygen atoms in total. The van der Waals surface area contributed by atoms with Crippen LogP contribution in [-0.2, 0) is 24.2 Å². The van der Waals surface area contributed by atoms with Crippen molar-refractivity contribution in [1.82, 2.24) is 15.5 Å². The third-order valence-electron chi connectivity index (χ3n) is 6.84. The van der Waals surface area contributed by atoms with Crippen molar-refractivity contribution in [2.45, 2.75) is 51.4 Å². The zero-order valence-electron chi connectivity index (χ0n) is 21.8. The Kier molecular flexibility index (Phi) is 8.83. The van der Waals surface area contributed by atoms with Crippen molar-refractivity contribution >= 4 is 17.7 Å². The first kappa shape index (κ1) is 28.1. The van der Waals surface area contributed by atoms with E-state index < -0.39 is 47.5 Å². The number of carbonyl (C=O) groups excluding carboxylic acids is 3. The first-order valence-corrected chi connectivity index (χ1v) is 12.9. The maximum absolute atomic E-state index is 13.9. The Morgan fingerprint density at radius 3 is 2.13 bits per heavy atom. The number of nitrogens with zero attached hydrogens (tertiary/aromatic N) is 1. The van der Waals surface area contributed by atoms with E-state index in [1.807, 2.05) is 18.2 Å². The summed E-state index contributed by atoms with van der Waals surface area (Å²) in [6.07, 6.45) is -0.340. The maximum atomic E-state index is 13.9. The Morgan fingerprint density at radius 1 is 0.897 bits per heavy atom. The molecular formula is C30H31F2N3O4. The van der Waals surface area contributed by atoms with Gasteiger partial charge in [0.25, 0.3) is 11.8 Å². The predicted molar refractivity (Wildman–Crippen MR) is 142 cm³/mol. The predicted octanol–water partition coefficient (Wildman–Crippen LogP) is 3.39. The molecule has 0 bridgehead atoms. The van der Waals surface area contributed by atoms with Gasteiger partial charge in [-0.05, 0) is 60.7 Å². The number of aliphatic hydroxyl groups is 1. The molecule has 3 N–H and O–H groups in total. The minimum absolute atomic E-state index is 0.0699. The van der Waals surface area contributed by atoms with Gasteiger partial charge in [0.15, 0.2) is 0 Å². The number of aliphatic hydroxyl groups excluding tert-OH is 1. The molecule has 1 heterocycles. The first-order valence-electron chi connectivity index (χ1n) is 12.9. The maximum Gasteiger partial charge on any atom is 0.262 e. The summed E-state index contributed by atoms with van der Waals surface area (Å²) in [6, 6.07) is 15.2. The van der Waals surface area contributed by atoms with Crippen LogP contribution in [0, 0.1) is 11.6 Å². The molecule has 0 fully saturated rings. The van der Waals surface area contributed by atoms with Crippen LogP contribution in [0.3, 0.4) is 0 Å². The lowest BCUT2D eigenvalue weighted by Crippen LogP contribution is -2.55. The molecule has 0 aliphatic carbocycles. The molecule has 0 radical (unpaired) electrons. The van der Waals surface area contributed by atoms with Gasteiger partial charge in [-0.15, -0.1) is 0 Å². The van der Waals surface area contributed by atoms with Gasteiger partial charge in [-0.1, -0.05) is 43.3 Å². The SMILES string of the molecule is CCc1cccc(CNCC(O)C(Cc2cc(F)cc(F)c2)NC(=O)C(C)N2C(=O)c3ccccc3C2=O)c1. The number of rotatable bonds is 11. The minimum atomic E-state index is -1.18. The molecule has 3 aromatic carbocycles. The average Bonchev–Trinajstić information content (AvgIpc) is 3.17. The number of aryl methyl sites for hydroxylation is 1. The molecule has 0 saturated heterocycles. The van der Waals surface area contributed by atoms with Gasteiger partial charge in [0.1, 0.15) is 17.7 Å². The van der Waals surface area contributed by atoms with Crippen LogP contribution in [0.25, 0.3) is 0 Å². The molecule has 9 heteroatoms. The van der Waals surface area contributed by atoms with Crippen LogP contribution in [0.2, 0.25) is 0 Å². The van der Waals surface area contributed by atoms with E-state index in [0.29, 0.717) is 6.54 Å². The lowest BCUT2D eigenvalue weighted by Gasteiger charge is -2.28. The van der Waals surface area contributed by atoms with Crippen LogP contribution >= 0.6 is 0 Å². The number of hydrogen-bond acceptors (Lipinski definition) is 5. The molecule has 204 valence electrons. The van der Waals surface area contributed by atoms with Crippen molar-refractivity contribution in [2.24, 2.45) is 0 Å². The topological polar surface area (TPSA) is 98.7 Å². The first-order chi connectivity index (χ1) is 18.7. The van der Waals surface area contributed by atoms with Gasteiger partial charge in [0, 0.05) is 19.2 Å². The van der Waals surface area contributed by atoms with Crippen molar-refractivity contribution in [2.75, 3.05) is 6.54 Å². The van der Waals surface area contributed by atoms with E-state index >= 15 is 0 Å². The normalized spacial score (nSPS) is 15.2. The van der Waals surface area contributed by atoms with E-state index in [0.717, 1.165) is 35.1 Å². The van der Waals surface area contributed by atoms with Crippen LogP contribution in [0.4, 0.5) is 8.78 Å². The largest absolute Gasteiger partial charge is 0.390 e. The summed E-state index contributed by atoms with van der Waals surface area (Å²) >= 11 is 0. The van der Waals surface area contributed by atoms with E-state index in [4.69, 9.17) is 0 Å². The number of carbonyl (C=O) groups is 3. The van der Waals surface area contributed by atoms with E-state index in [1.165, 1.54) is 24.6 Å². The molecule has 4 rings (SSSR count). The lowest BCUT2D eigenvalue weighted by atomic mass is 10.00. The van der Waals surface area contributed by atoms with Crippen molar-refractivity contribution < 1.29 is 28.3 Å². The van der Waals surface area contributed by atoms with Gasteiger partial charge >= 0.3 is 0 Å². The number of amides is 3. The Labute approximate surface area is 225 Å². The van der Waals surface area contributed by atoms with Gasteiger partial charge in [0.05, 0.1) is 23.3 Å². The van der Waals surface area contributed by atoms with Crippen LogP contribution in [0.5, 0.6) is 0 Å². The number of fused-ring (bicyclic) bond motifs is 1. The fourth-order valence-corrected chi connectivity index (χ4v) is 4.71. The summed E-state index contributed by atoms with van der Waals surface area (Å²) in [4.78, 5) is 39.8. The molecule has 3 amide bonds. The summed E-state index contributed by atoms with van der Waals surface area (Å²) in [5.74, 6) is -3.41. The molecule has 0 aromatic heterocycles. The molecule has 3 unspecified atom stereocenters. The third kappa shape index (κ3) is 6.55. The molecule has 39 heavy (non-hydrogen) atoms. The molecule has 1 aliphatic heterocycles. The van der Waals surface area contributed by atoms with E-state index in [2.05, 4.69) is 23.6 Å². The standard InChI is InChI=1S/C30H31F2N3O4/c1-3-19-7-6-8-20(11-19)16-33-17-27(36)26(14-21-12-22(31)15-23(32)13-21)34-28(37)18(2)35-29(38)24-9-4-5-10-25(24)30(35)39/h4-13,15,18,26-27,33,36H,3,14,16-17H2,1-2H3,(H,34,37). The van der Waals surface area contributed by atoms with Crippen molar-refractivity contribution in [3.8, 4) is 0 Å². The van der Waals surface area contributed by atoms with Gasteiger partial charge in [-0.25, -0.2) is 8.78 Å². The highest BCUT2D eigenvalue weighted by Crippen LogP contribution is 2.24. The van der Waals surface area contributed by atoms with E-state index in [9.17, 15) is 28.3 Å². The quantitative estimate of drug-likeness (QED) is 0.327. The molecular weight excluding hydrogens is 504 g/mol. The fourth-order valence-electron chi connectivity index (χ4n) is 4.71. The molecule has 1 aliphatic rings. The molecule has 3 atom stereocenters. The van der Waals surface area contributed by atoms with Gasteiger partial charge in [0.2, 0.25) is 5.91 Å². The highest BCUT2D eigenvalue weighted by molar-refractivity contribution is 6.22. The average molecular weight is 536 g/mol. The number of benzene rings is 3. The van der Waals surface area contributed by atoms with Crippen LogP contribution < -0.4 is 10.6 Å². The molecule has 0 saturated carbocycles. The summed E-state index contributed by atoms with van der Waals surface area (Å²) < 4.78 is 27.7. The Bertz CT molecular complexity index is 1320. The second kappa shape index (κ2) is 12.3. The molecule has 0 spiro atoms. The van der Waals surface area contributed by atoms with Gasteiger partial charge in [-0.2, -0.15) is 0 Å². The Morgan fingerprint density at radius 2 is 1.51 bits per heavy atom. The Balaban J connectivity index is 1.47. The van der Waals surface area contributed by atoms with Crippen LogP contribution in [-0.4, -0.2) is 52.5 Å². The van der Waals surface area contributed by atoms with E-state index in [1.54, 1.807) is 12.1 Å².